The summed E-state index contributed by atoms with van der Waals surface area (Å²) in [7, 11) is 0. The van der Waals surface area contributed by atoms with Gasteiger partial charge in [0.1, 0.15) is 0 Å². The van der Waals surface area contributed by atoms with Crippen LogP contribution in [0.1, 0.15) is 40.8 Å². The Hall–Kier alpha value is -1.96. The zero-order chi connectivity index (χ0) is 15.1. The molecule has 3 rings (SSSR count). The van der Waals surface area contributed by atoms with Gasteiger partial charge in [0, 0.05) is 11.4 Å². The van der Waals surface area contributed by atoms with Gasteiger partial charge in [0.2, 0.25) is 11.0 Å². The minimum absolute atomic E-state index is 0.00823. The number of aryl methyl sites for hydroxylation is 3. The van der Waals surface area contributed by atoms with Gasteiger partial charge in [-0.15, -0.1) is 5.10 Å². The SMILES string of the molecule is Cc1noc(C(C)Sc2nc3nc(C)c(C)c(C)n3n2)n1. The summed E-state index contributed by atoms with van der Waals surface area (Å²) >= 11 is 1.48. The molecule has 0 amide bonds. The average molecular weight is 304 g/mol. The molecule has 0 aromatic carbocycles. The maximum atomic E-state index is 5.17. The lowest BCUT2D eigenvalue weighted by Gasteiger charge is -2.04. The van der Waals surface area contributed by atoms with Crippen LogP contribution in [0.2, 0.25) is 0 Å². The van der Waals surface area contributed by atoms with Crippen LogP contribution in [0, 0.1) is 27.7 Å². The van der Waals surface area contributed by atoms with Crippen LogP contribution in [0.5, 0.6) is 0 Å². The van der Waals surface area contributed by atoms with Crippen molar-refractivity contribution in [1.29, 1.82) is 0 Å². The van der Waals surface area contributed by atoms with E-state index in [1.54, 1.807) is 11.4 Å². The first-order chi connectivity index (χ1) is 9.95. The second-order valence-electron chi connectivity index (χ2n) is 4.95. The Morgan fingerprint density at radius 2 is 1.86 bits per heavy atom. The maximum Gasteiger partial charge on any atom is 0.253 e. The Bertz CT molecular complexity index is 808. The Balaban J connectivity index is 1.93. The molecule has 0 N–H and O–H groups in total. The summed E-state index contributed by atoms with van der Waals surface area (Å²) in [5, 5.41) is 8.95. The number of hydrogen-bond acceptors (Lipinski definition) is 7. The number of fused-ring (bicyclic) bond motifs is 1. The van der Waals surface area contributed by atoms with Crippen LogP contribution in [0.4, 0.5) is 0 Å². The van der Waals surface area contributed by atoms with Gasteiger partial charge in [-0.25, -0.2) is 9.50 Å². The second kappa shape index (κ2) is 5.10. The number of hydrogen-bond donors (Lipinski definition) is 0. The lowest BCUT2D eigenvalue weighted by atomic mass is 10.2. The molecule has 3 aromatic rings. The molecule has 3 heterocycles. The van der Waals surface area contributed by atoms with Crippen molar-refractivity contribution in [1.82, 2.24) is 29.7 Å². The summed E-state index contributed by atoms with van der Waals surface area (Å²) in [4.78, 5) is 13.2. The average Bonchev–Trinajstić information content (AvgIpc) is 3.02. The zero-order valence-electron chi connectivity index (χ0n) is 12.6. The van der Waals surface area contributed by atoms with E-state index in [-0.39, 0.29) is 5.25 Å². The van der Waals surface area contributed by atoms with Crippen LogP contribution >= 0.6 is 11.8 Å². The minimum Gasteiger partial charge on any atom is -0.338 e. The third kappa shape index (κ3) is 2.51. The Kier molecular flexibility index (Phi) is 3.40. The van der Waals surface area contributed by atoms with Crippen LogP contribution in [0.25, 0.3) is 5.78 Å². The number of rotatable bonds is 3. The molecule has 0 aliphatic heterocycles. The summed E-state index contributed by atoms with van der Waals surface area (Å²) in [6.07, 6.45) is 0. The molecule has 0 saturated carbocycles. The van der Waals surface area contributed by atoms with Crippen LogP contribution < -0.4 is 0 Å². The van der Waals surface area contributed by atoms with Gasteiger partial charge in [0.15, 0.2) is 5.82 Å². The number of nitrogens with zero attached hydrogens (tertiary/aromatic N) is 6. The van der Waals surface area contributed by atoms with Crippen molar-refractivity contribution in [3.05, 3.63) is 28.7 Å². The third-order valence-corrected chi connectivity index (χ3v) is 4.35. The lowest BCUT2D eigenvalue weighted by Crippen LogP contribution is -2.02. The first-order valence-corrected chi connectivity index (χ1v) is 7.51. The Labute approximate surface area is 126 Å². The normalized spacial score (nSPS) is 13.0. The van der Waals surface area contributed by atoms with E-state index in [1.807, 2.05) is 27.7 Å². The van der Waals surface area contributed by atoms with Gasteiger partial charge in [0.25, 0.3) is 5.78 Å². The van der Waals surface area contributed by atoms with E-state index >= 15 is 0 Å². The third-order valence-electron chi connectivity index (χ3n) is 3.41. The minimum atomic E-state index is -0.00823. The topological polar surface area (TPSA) is 82.0 Å². The second-order valence-corrected chi connectivity index (χ2v) is 6.26. The standard InChI is InChI=1S/C13H16N6OS/c1-6-7(2)14-12-16-13(17-19(12)8(6)3)21-9(4)11-15-10(5)18-20-11/h9H,1-5H3. The van der Waals surface area contributed by atoms with Gasteiger partial charge in [-0.3, -0.25) is 0 Å². The molecule has 0 aliphatic rings. The van der Waals surface area contributed by atoms with E-state index in [0.717, 1.165) is 17.0 Å². The predicted molar refractivity (Wildman–Crippen MR) is 78.3 cm³/mol. The van der Waals surface area contributed by atoms with E-state index in [1.165, 1.54) is 11.8 Å². The van der Waals surface area contributed by atoms with Crippen LogP contribution in [0.3, 0.4) is 0 Å². The molecule has 7 nitrogen and oxygen atoms in total. The van der Waals surface area contributed by atoms with Gasteiger partial charge < -0.3 is 4.52 Å². The molecule has 1 atom stereocenters. The Morgan fingerprint density at radius 1 is 1.10 bits per heavy atom. The number of thioether (sulfide) groups is 1. The lowest BCUT2D eigenvalue weighted by molar-refractivity contribution is 0.376. The molecule has 8 heteroatoms. The zero-order valence-corrected chi connectivity index (χ0v) is 13.4. The molecule has 3 aromatic heterocycles. The monoisotopic (exact) mass is 304 g/mol. The van der Waals surface area contributed by atoms with E-state index in [2.05, 4.69) is 25.2 Å². The smallest absolute Gasteiger partial charge is 0.253 e. The highest BCUT2D eigenvalue weighted by Crippen LogP contribution is 2.32. The molecular weight excluding hydrogens is 288 g/mol. The first kappa shape index (κ1) is 14.0. The van der Waals surface area contributed by atoms with Gasteiger partial charge in [-0.2, -0.15) is 9.97 Å². The molecule has 0 spiro atoms. The summed E-state index contributed by atoms with van der Waals surface area (Å²) in [5.41, 5.74) is 3.16. The van der Waals surface area contributed by atoms with Crippen molar-refractivity contribution in [2.45, 2.75) is 45.0 Å². The molecule has 21 heavy (non-hydrogen) atoms. The summed E-state index contributed by atoms with van der Waals surface area (Å²) in [6.45, 7) is 9.82. The van der Waals surface area contributed by atoms with E-state index in [0.29, 0.717) is 22.6 Å². The molecule has 0 radical (unpaired) electrons. The van der Waals surface area contributed by atoms with Crippen molar-refractivity contribution >= 4 is 17.5 Å². The van der Waals surface area contributed by atoms with Gasteiger partial charge >= 0.3 is 0 Å². The van der Waals surface area contributed by atoms with Crippen molar-refractivity contribution in [3.8, 4) is 0 Å². The van der Waals surface area contributed by atoms with Crippen molar-refractivity contribution in [2.24, 2.45) is 0 Å². The van der Waals surface area contributed by atoms with E-state index in [4.69, 9.17) is 4.52 Å². The maximum absolute atomic E-state index is 5.17. The fourth-order valence-electron chi connectivity index (χ4n) is 1.97. The predicted octanol–water partition coefficient (Wildman–Crippen LogP) is 2.59. The van der Waals surface area contributed by atoms with E-state index < -0.39 is 0 Å². The summed E-state index contributed by atoms with van der Waals surface area (Å²) < 4.78 is 6.95. The van der Waals surface area contributed by atoms with E-state index in [9.17, 15) is 0 Å². The molecule has 0 bridgehead atoms. The van der Waals surface area contributed by atoms with Gasteiger partial charge in [0.05, 0.1) is 5.25 Å². The van der Waals surface area contributed by atoms with Crippen LogP contribution in [-0.4, -0.2) is 29.7 Å². The molecular formula is C13H16N6OS. The molecule has 0 saturated heterocycles. The highest BCUT2D eigenvalue weighted by Gasteiger charge is 2.18. The van der Waals surface area contributed by atoms with Gasteiger partial charge in [-0.1, -0.05) is 16.9 Å². The van der Waals surface area contributed by atoms with Crippen LogP contribution in [-0.2, 0) is 0 Å². The highest BCUT2D eigenvalue weighted by atomic mass is 32.2. The quantitative estimate of drug-likeness (QED) is 0.688. The van der Waals surface area contributed by atoms with Gasteiger partial charge in [-0.05, 0) is 40.2 Å². The highest BCUT2D eigenvalue weighted by molar-refractivity contribution is 7.99. The molecule has 1 unspecified atom stereocenters. The van der Waals surface area contributed by atoms with Crippen molar-refractivity contribution in [3.63, 3.8) is 0 Å². The molecule has 0 fully saturated rings. The van der Waals surface area contributed by atoms with Crippen molar-refractivity contribution < 1.29 is 4.52 Å². The summed E-state index contributed by atoms with van der Waals surface area (Å²) in [5.74, 6) is 1.82. The van der Waals surface area contributed by atoms with Crippen LogP contribution in [0.15, 0.2) is 9.68 Å². The summed E-state index contributed by atoms with van der Waals surface area (Å²) in [6, 6.07) is 0. The van der Waals surface area contributed by atoms with Crippen molar-refractivity contribution in [2.75, 3.05) is 0 Å². The number of aromatic nitrogens is 6. The largest absolute Gasteiger partial charge is 0.338 e. The first-order valence-electron chi connectivity index (χ1n) is 6.63. The molecule has 110 valence electrons. The molecule has 0 aliphatic carbocycles. The fraction of sp³-hybridized carbons (Fsp3) is 0.462. The Morgan fingerprint density at radius 3 is 2.52 bits per heavy atom. The fourth-order valence-corrected chi connectivity index (χ4v) is 2.75.